The van der Waals surface area contributed by atoms with Gasteiger partial charge in [0.2, 0.25) is 0 Å². The molecule has 0 aromatic heterocycles. The maximum Gasteiger partial charge on any atom is 0.119 e. The fraction of sp³-hybridized carbons (Fsp3) is 0.750. The van der Waals surface area contributed by atoms with Crippen LogP contribution >= 0.6 is 0 Å². The summed E-state index contributed by atoms with van der Waals surface area (Å²) in [7, 11) is 0. The molecule has 1 N–H and O–H groups in total. The van der Waals surface area contributed by atoms with Crippen molar-refractivity contribution in [2.75, 3.05) is 6.61 Å². The Morgan fingerprint density at radius 1 is 0.567 bits per heavy atom. The SMILES string of the molecule is C/C=C/C/C=C\CCCCCCCCO.CCCC/C=C\CCCCCCCC=O. The lowest BCUT2D eigenvalue weighted by molar-refractivity contribution is -0.107. The van der Waals surface area contributed by atoms with Crippen LogP contribution < -0.4 is 0 Å². The third-order valence-corrected chi connectivity index (χ3v) is 5.04. The smallest absolute Gasteiger partial charge is 0.119 e. The predicted octanol–water partition coefficient (Wildman–Crippen LogP) is 8.89. The Labute approximate surface area is 188 Å². The summed E-state index contributed by atoms with van der Waals surface area (Å²) >= 11 is 0. The number of carbonyl (C=O) groups excluding carboxylic acids is 1. The highest BCUT2D eigenvalue weighted by atomic mass is 16.2. The normalized spacial score (nSPS) is 11.4. The highest BCUT2D eigenvalue weighted by Gasteiger charge is 1.90. The predicted molar refractivity (Wildman–Crippen MR) is 135 cm³/mol. The summed E-state index contributed by atoms with van der Waals surface area (Å²) in [6.45, 7) is 4.64. The van der Waals surface area contributed by atoms with E-state index in [1.165, 1.54) is 89.9 Å². The van der Waals surface area contributed by atoms with Gasteiger partial charge in [0.25, 0.3) is 0 Å². The molecule has 0 bridgehead atoms. The number of aliphatic hydroxyl groups excluding tert-OH is 1. The first kappa shape index (κ1) is 31.0. The van der Waals surface area contributed by atoms with E-state index in [1.807, 2.05) is 0 Å². The van der Waals surface area contributed by atoms with Crippen molar-refractivity contribution in [1.82, 2.24) is 0 Å². The minimum atomic E-state index is 0.355. The van der Waals surface area contributed by atoms with Crippen LogP contribution in [0.15, 0.2) is 36.5 Å². The standard InChI is InChI=1S/2C14H26O/c2*1-2-3-4-5-6-7-8-9-10-11-12-13-14-15/h5-6,14H,2-4,7-13H2,1H3;2-3,5-6,15H,4,7-14H2,1H3/b6-5-;3-2+,6-5-. The monoisotopic (exact) mass is 420 g/mol. The molecule has 0 aliphatic rings. The number of allylic oxidation sites excluding steroid dienone is 6. The lowest BCUT2D eigenvalue weighted by atomic mass is 10.1. The lowest BCUT2D eigenvalue weighted by Gasteiger charge is -1.98. The average molecular weight is 421 g/mol. The second kappa shape index (κ2) is 32.5. The maximum atomic E-state index is 10.1. The van der Waals surface area contributed by atoms with E-state index in [-0.39, 0.29) is 0 Å². The van der Waals surface area contributed by atoms with Crippen molar-refractivity contribution in [1.29, 1.82) is 0 Å². The molecule has 0 amide bonds. The molecule has 0 fully saturated rings. The Morgan fingerprint density at radius 2 is 1.03 bits per heavy atom. The van der Waals surface area contributed by atoms with Gasteiger partial charge in [-0.05, 0) is 58.3 Å². The zero-order chi connectivity index (χ0) is 22.4. The molecule has 2 nitrogen and oxygen atoms in total. The molecular formula is C28H52O2. The topological polar surface area (TPSA) is 37.3 Å². The van der Waals surface area contributed by atoms with Crippen molar-refractivity contribution in [2.45, 2.75) is 129 Å². The van der Waals surface area contributed by atoms with Crippen LogP contribution in [0.4, 0.5) is 0 Å². The summed E-state index contributed by atoms with van der Waals surface area (Å²) in [6, 6.07) is 0. The molecule has 0 rings (SSSR count). The lowest BCUT2D eigenvalue weighted by Crippen LogP contribution is -1.83. The maximum absolute atomic E-state index is 10.1. The first-order valence-corrected chi connectivity index (χ1v) is 12.8. The third-order valence-electron chi connectivity index (χ3n) is 5.04. The van der Waals surface area contributed by atoms with Crippen LogP contribution in [0.5, 0.6) is 0 Å². The largest absolute Gasteiger partial charge is 0.396 e. The second-order valence-electron chi connectivity index (χ2n) is 8.04. The minimum absolute atomic E-state index is 0.355. The fourth-order valence-electron chi connectivity index (χ4n) is 3.09. The molecule has 0 heterocycles. The van der Waals surface area contributed by atoms with Gasteiger partial charge in [-0.1, -0.05) is 101 Å². The third kappa shape index (κ3) is 34.4. The molecule has 2 heteroatoms. The van der Waals surface area contributed by atoms with Crippen LogP contribution in [0, 0.1) is 0 Å². The minimum Gasteiger partial charge on any atom is -0.396 e. The number of unbranched alkanes of at least 4 members (excludes halogenated alkanes) is 14. The molecule has 0 aliphatic heterocycles. The molecule has 176 valence electrons. The Balaban J connectivity index is 0. The van der Waals surface area contributed by atoms with Crippen molar-refractivity contribution < 1.29 is 9.90 Å². The van der Waals surface area contributed by atoms with Crippen LogP contribution in [0.3, 0.4) is 0 Å². The molecule has 0 aromatic rings. The summed E-state index contributed by atoms with van der Waals surface area (Å²) in [5.41, 5.74) is 0. The molecule has 0 unspecified atom stereocenters. The number of rotatable bonds is 21. The Hall–Kier alpha value is -1.15. The van der Waals surface area contributed by atoms with E-state index in [2.05, 4.69) is 50.3 Å². The van der Waals surface area contributed by atoms with Crippen molar-refractivity contribution in [2.24, 2.45) is 0 Å². The summed E-state index contributed by atoms with van der Waals surface area (Å²) in [5, 5.41) is 8.60. The molecule has 0 aromatic carbocycles. The van der Waals surface area contributed by atoms with E-state index in [4.69, 9.17) is 5.11 Å². The van der Waals surface area contributed by atoms with Gasteiger partial charge < -0.3 is 9.90 Å². The molecule has 0 saturated heterocycles. The summed E-state index contributed by atoms with van der Waals surface area (Å²) in [5.74, 6) is 0. The van der Waals surface area contributed by atoms with E-state index < -0.39 is 0 Å². The Morgan fingerprint density at radius 3 is 1.53 bits per heavy atom. The summed E-state index contributed by atoms with van der Waals surface area (Å²) < 4.78 is 0. The van der Waals surface area contributed by atoms with Gasteiger partial charge in [0.15, 0.2) is 0 Å². The van der Waals surface area contributed by atoms with Crippen LogP contribution in [-0.4, -0.2) is 18.0 Å². The molecule has 0 aliphatic carbocycles. The van der Waals surface area contributed by atoms with E-state index in [0.717, 1.165) is 32.0 Å². The van der Waals surface area contributed by atoms with Crippen LogP contribution in [-0.2, 0) is 4.79 Å². The van der Waals surface area contributed by atoms with Crippen LogP contribution in [0.25, 0.3) is 0 Å². The first-order chi connectivity index (χ1) is 14.8. The van der Waals surface area contributed by atoms with Gasteiger partial charge in [-0.15, -0.1) is 0 Å². The second-order valence-corrected chi connectivity index (χ2v) is 8.04. The highest BCUT2D eigenvalue weighted by molar-refractivity contribution is 5.48. The average Bonchev–Trinajstić information content (AvgIpc) is 2.76. The van der Waals surface area contributed by atoms with E-state index in [9.17, 15) is 4.79 Å². The highest BCUT2D eigenvalue weighted by Crippen LogP contribution is 2.08. The number of aliphatic hydroxyl groups is 1. The number of carbonyl (C=O) groups is 1. The number of hydrogen-bond acceptors (Lipinski definition) is 2. The van der Waals surface area contributed by atoms with Gasteiger partial charge in [-0.3, -0.25) is 0 Å². The van der Waals surface area contributed by atoms with Crippen molar-refractivity contribution in [3.63, 3.8) is 0 Å². The summed E-state index contributed by atoms with van der Waals surface area (Å²) in [4.78, 5) is 10.1. The molecule has 30 heavy (non-hydrogen) atoms. The van der Waals surface area contributed by atoms with Gasteiger partial charge >= 0.3 is 0 Å². The number of aldehydes is 1. The molecule has 0 saturated carbocycles. The molecular weight excluding hydrogens is 368 g/mol. The van der Waals surface area contributed by atoms with Gasteiger partial charge in [0, 0.05) is 13.0 Å². The van der Waals surface area contributed by atoms with Gasteiger partial charge in [0.05, 0.1) is 0 Å². The Bertz CT molecular complexity index is 382. The van der Waals surface area contributed by atoms with Crippen LogP contribution in [0.2, 0.25) is 0 Å². The van der Waals surface area contributed by atoms with E-state index in [1.54, 1.807) is 0 Å². The molecule has 0 spiro atoms. The van der Waals surface area contributed by atoms with Crippen molar-refractivity contribution in [3.05, 3.63) is 36.5 Å². The van der Waals surface area contributed by atoms with E-state index in [0.29, 0.717) is 6.61 Å². The summed E-state index contributed by atoms with van der Waals surface area (Å²) in [6.07, 6.45) is 36.2. The number of hydrogen-bond donors (Lipinski definition) is 1. The zero-order valence-corrected chi connectivity index (χ0v) is 20.3. The quantitative estimate of drug-likeness (QED) is 0.114. The van der Waals surface area contributed by atoms with Gasteiger partial charge in [0.1, 0.15) is 6.29 Å². The van der Waals surface area contributed by atoms with Crippen molar-refractivity contribution >= 4 is 6.29 Å². The first-order valence-electron chi connectivity index (χ1n) is 12.8. The fourth-order valence-corrected chi connectivity index (χ4v) is 3.09. The van der Waals surface area contributed by atoms with E-state index >= 15 is 0 Å². The van der Waals surface area contributed by atoms with Gasteiger partial charge in [-0.2, -0.15) is 0 Å². The zero-order valence-electron chi connectivity index (χ0n) is 20.3. The van der Waals surface area contributed by atoms with Gasteiger partial charge in [-0.25, -0.2) is 0 Å². The van der Waals surface area contributed by atoms with Crippen LogP contribution in [0.1, 0.15) is 129 Å². The Kier molecular flexibility index (Phi) is 33.6. The van der Waals surface area contributed by atoms with Crippen molar-refractivity contribution in [3.8, 4) is 0 Å². The molecule has 0 radical (unpaired) electrons. The molecule has 0 atom stereocenters.